The van der Waals surface area contributed by atoms with E-state index in [1.807, 2.05) is 0 Å². The molecule has 1 atom stereocenters. The van der Waals surface area contributed by atoms with Gasteiger partial charge in [0, 0.05) is 13.0 Å². The van der Waals surface area contributed by atoms with E-state index in [0.717, 1.165) is 0 Å². The number of hydrogen-bond acceptors (Lipinski definition) is 2. The van der Waals surface area contributed by atoms with E-state index in [2.05, 4.69) is 0 Å². The highest BCUT2D eigenvalue weighted by Crippen LogP contribution is 2.32. The van der Waals surface area contributed by atoms with Gasteiger partial charge in [-0.2, -0.15) is 0 Å². The normalized spacial score (nSPS) is 14.6. The van der Waals surface area contributed by atoms with Crippen LogP contribution in [0.1, 0.15) is 17.5 Å². The Morgan fingerprint density at radius 2 is 2.06 bits per heavy atom. The number of carbonyl (C=O) groups is 1. The van der Waals surface area contributed by atoms with Crippen LogP contribution in [0, 0.1) is 6.92 Å². The van der Waals surface area contributed by atoms with E-state index in [9.17, 15) is 18.7 Å². The van der Waals surface area contributed by atoms with Crippen LogP contribution in [0.5, 0.6) is 0 Å². The van der Waals surface area contributed by atoms with E-state index in [1.165, 1.54) is 0 Å². The molecule has 5 heteroatoms. The molecular formula is C12H15F2NO2. The molecule has 0 saturated carbocycles. The first-order valence-electron chi connectivity index (χ1n) is 5.22. The summed E-state index contributed by atoms with van der Waals surface area (Å²) >= 11 is 0. The molecule has 0 spiro atoms. The minimum absolute atomic E-state index is 0.350. The summed E-state index contributed by atoms with van der Waals surface area (Å²) < 4.78 is 25.2. The van der Waals surface area contributed by atoms with E-state index in [-0.39, 0.29) is 6.54 Å². The van der Waals surface area contributed by atoms with E-state index in [1.54, 1.807) is 31.2 Å². The van der Waals surface area contributed by atoms with Crippen LogP contribution < -0.4 is 5.73 Å². The molecule has 0 radical (unpaired) electrons. The topological polar surface area (TPSA) is 63.3 Å². The molecular weight excluding hydrogens is 228 g/mol. The number of aryl methyl sites for hydroxylation is 1. The molecule has 0 fully saturated rings. The lowest BCUT2D eigenvalue weighted by Crippen LogP contribution is -2.45. The molecule has 3 nitrogen and oxygen atoms in total. The molecule has 0 aromatic heterocycles. The second-order valence-corrected chi connectivity index (χ2v) is 4.00. The first kappa shape index (κ1) is 13.6. The number of carboxylic acids is 1. The molecule has 0 heterocycles. The highest BCUT2D eigenvalue weighted by molar-refractivity contribution is 5.82. The zero-order chi connectivity index (χ0) is 13.1. The Bertz CT molecular complexity index is 409. The van der Waals surface area contributed by atoms with Crippen molar-refractivity contribution in [3.63, 3.8) is 0 Å². The third-order valence-corrected chi connectivity index (χ3v) is 2.92. The number of alkyl halides is 2. The summed E-state index contributed by atoms with van der Waals surface area (Å²) in [4.78, 5) is 11.3. The maximum atomic E-state index is 12.6. The van der Waals surface area contributed by atoms with E-state index in [4.69, 9.17) is 5.73 Å². The number of aliphatic carboxylic acids is 1. The number of halogens is 2. The lowest BCUT2D eigenvalue weighted by atomic mass is 9.76. The first-order valence-corrected chi connectivity index (χ1v) is 5.22. The van der Waals surface area contributed by atoms with Gasteiger partial charge in [0.15, 0.2) is 0 Å². The minimum atomic E-state index is -2.71. The second-order valence-electron chi connectivity index (χ2n) is 4.00. The Morgan fingerprint density at radius 1 is 1.47 bits per heavy atom. The van der Waals surface area contributed by atoms with Crippen molar-refractivity contribution in [2.45, 2.75) is 25.2 Å². The Hall–Kier alpha value is -1.49. The maximum Gasteiger partial charge on any atom is 0.315 e. The van der Waals surface area contributed by atoms with Crippen molar-refractivity contribution in [1.82, 2.24) is 0 Å². The van der Waals surface area contributed by atoms with Crippen LogP contribution in [0.2, 0.25) is 0 Å². The molecule has 0 aliphatic carbocycles. The molecule has 1 aromatic carbocycles. The summed E-state index contributed by atoms with van der Waals surface area (Å²) in [6, 6.07) is 6.58. The van der Waals surface area contributed by atoms with Crippen LogP contribution in [-0.2, 0) is 10.2 Å². The fraction of sp³-hybridized carbons (Fsp3) is 0.417. The predicted octanol–water partition coefficient (Wildman–Crippen LogP) is 1.93. The molecule has 0 aliphatic heterocycles. The standard InChI is InChI=1S/C12H15F2NO2/c1-8-4-2-3-5-9(8)12(7-15,11(16)17)6-10(13)14/h2-5,10H,6-7,15H2,1H3,(H,16,17). The van der Waals surface area contributed by atoms with Gasteiger partial charge in [-0.05, 0) is 18.1 Å². The number of rotatable bonds is 5. The molecule has 1 aromatic rings. The van der Waals surface area contributed by atoms with Crippen LogP contribution in [0.25, 0.3) is 0 Å². The van der Waals surface area contributed by atoms with Crippen molar-refractivity contribution in [3.05, 3.63) is 35.4 Å². The van der Waals surface area contributed by atoms with Crippen molar-refractivity contribution in [2.75, 3.05) is 6.54 Å². The number of nitrogens with two attached hydrogens (primary N) is 1. The van der Waals surface area contributed by atoms with E-state index >= 15 is 0 Å². The monoisotopic (exact) mass is 243 g/mol. The number of benzene rings is 1. The highest BCUT2D eigenvalue weighted by atomic mass is 19.3. The summed E-state index contributed by atoms with van der Waals surface area (Å²) in [6.45, 7) is 1.34. The van der Waals surface area contributed by atoms with E-state index < -0.39 is 24.2 Å². The molecule has 1 rings (SSSR count). The smallest absolute Gasteiger partial charge is 0.315 e. The number of hydrogen-bond donors (Lipinski definition) is 2. The second kappa shape index (κ2) is 5.23. The lowest BCUT2D eigenvalue weighted by molar-refractivity contribution is -0.145. The fourth-order valence-electron chi connectivity index (χ4n) is 1.97. The van der Waals surface area contributed by atoms with Crippen LogP contribution in [0.4, 0.5) is 8.78 Å². The zero-order valence-electron chi connectivity index (χ0n) is 9.49. The zero-order valence-corrected chi connectivity index (χ0v) is 9.49. The molecule has 0 aliphatic rings. The molecule has 17 heavy (non-hydrogen) atoms. The van der Waals surface area contributed by atoms with Crippen LogP contribution in [0.15, 0.2) is 24.3 Å². The Morgan fingerprint density at radius 3 is 2.47 bits per heavy atom. The van der Waals surface area contributed by atoms with E-state index in [0.29, 0.717) is 11.1 Å². The van der Waals surface area contributed by atoms with Gasteiger partial charge < -0.3 is 10.8 Å². The Kier molecular flexibility index (Phi) is 4.17. The Balaban J connectivity index is 3.32. The van der Waals surface area contributed by atoms with Crippen LogP contribution in [-0.4, -0.2) is 24.0 Å². The summed E-state index contributed by atoms with van der Waals surface area (Å²) in [5.74, 6) is -1.31. The average Bonchev–Trinajstić information content (AvgIpc) is 2.26. The van der Waals surface area contributed by atoms with Gasteiger partial charge in [-0.25, -0.2) is 8.78 Å². The summed E-state index contributed by atoms with van der Waals surface area (Å²) in [6.07, 6.45) is -3.49. The van der Waals surface area contributed by atoms with Crippen molar-refractivity contribution in [2.24, 2.45) is 5.73 Å². The van der Waals surface area contributed by atoms with Crippen LogP contribution in [0.3, 0.4) is 0 Å². The quantitative estimate of drug-likeness (QED) is 0.830. The molecule has 1 unspecified atom stereocenters. The summed E-state index contributed by atoms with van der Waals surface area (Å²) in [5.41, 5.74) is 4.75. The van der Waals surface area contributed by atoms with Gasteiger partial charge in [0.25, 0.3) is 0 Å². The van der Waals surface area contributed by atoms with Crippen molar-refractivity contribution >= 4 is 5.97 Å². The largest absolute Gasteiger partial charge is 0.481 e. The summed E-state index contributed by atoms with van der Waals surface area (Å²) in [7, 11) is 0. The highest BCUT2D eigenvalue weighted by Gasteiger charge is 2.42. The first-order chi connectivity index (χ1) is 7.94. The van der Waals surface area contributed by atoms with Gasteiger partial charge in [-0.15, -0.1) is 0 Å². The molecule has 94 valence electrons. The van der Waals surface area contributed by atoms with Crippen molar-refractivity contribution in [1.29, 1.82) is 0 Å². The van der Waals surface area contributed by atoms with Gasteiger partial charge in [-0.1, -0.05) is 24.3 Å². The molecule has 0 amide bonds. The fourth-order valence-corrected chi connectivity index (χ4v) is 1.97. The van der Waals surface area contributed by atoms with Gasteiger partial charge in [0.1, 0.15) is 5.41 Å². The SMILES string of the molecule is Cc1ccccc1C(CN)(CC(F)F)C(=O)O. The molecule has 0 saturated heterocycles. The molecule has 0 bridgehead atoms. The minimum Gasteiger partial charge on any atom is -0.481 e. The summed E-state index contributed by atoms with van der Waals surface area (Å²) in [5, 5.41) is 9.24. The van der Waals surface area contributed by atoms with Gasteiger partial charge >= 0.3 is 5.97 Å². The predicted molar refractivity (Wildman–Crippen MR) is 60.2 cm³/mol. The Labute approximate surface area is 98.2 Å². The number of carboxylic acid groups (broad SMARTS) is 1. The van der Waals surface area contributed by atoms with Crippen molar-refractivity contribution < 1.29 is 18.7 Å². The third kappa shape index (κ3) is 2.61. The van der Waals surface area contributed by atoms with Gasteiger partial charge in [0.2, 0.25) is 6.43 Å². The maximum absolute atomic E-state index is 12.6. The van der Waals surface area contributed by atoms with Crippen molar-refractivity contribution in [3.8, 4) is 0 Å². The third-order valence-electron chi connectivity index (χ3n) is 2.92. The van der Waals surface area contributed by atoms with Gasteiger partial charge in [0.05, 0.1) is 0 Å². The van der Waals surface area contributed by atoms with Crippen LogP contribution >= 0.6 is 0 Å². The lowest BCUT2D eigenvalue weighted by Gasteiger charge is -2.29. The van der Waals surface area contributed by atoms with Gasteiger partial charge in [-0.3, -0.25) is 4.79 Å². The average molecular weight is 243 g/mol. The molecule has 3 N–H and O–H groups in total.